The average molecular weight is 274 g/mol. The van der Waals surface area contributed by atoms with E-state index in [4.69, 9.17) is 11.6 Å². The Morgan fingerprint density at radius 2 is 1.89 bits per heavy atom. The van der Waals surface area contributed by atoms with Gasteiger partial charge in [-0.2, -0.15) is 0 Å². The zero-order chi connectivity index (χ0) is 14.1. The summed E-state index contributed by atoms with van der Waals surface area (Å²) in [6, 6.07) is 0. The molecule has 1 aromatic heterocycles. The average Bonchev–Trinajstić information content (AvgIpc) is 2.24. The largest absolute Gasteiger partial charge is 0.329 e. The molecule has 0 amide bonds. The van der Waals surface area contributed by atoms with Crippen LogP contribution in [0.4, 0.5) is 0 Å². The van der Waals surface area contributed by atoms with E-state index >= 15 is 0 Å². The van der Waals surface area contributed by atoms with Crippen LogP contribution in [-0.2, 0) is 13.0 Å². The number of rotatable bonds is 4. The van der Waals surface area contributed by atoms with Gasteiger partial charge < -0.3 is 4.90 Å². The van der Waals surface area contributed by atoms with Gasteiger partial charge >= 0.3 is 5.69 Å². The predicted octanol–water partition coefficient (Wildman–Crippen LogP) is 1.09. The Labute approximate surface area is 111 Å². The zero-order valence-corrected chi connectivity index (χ0v) is 12.3. The summed E-state index contributed by atoms with van der Waals surface area (Å²) in [4.78, 5) is 28.5. The Balaban J connectivity index is 3.35. The minimum Gasteiger partial charge on any atom is -0.302 e. The number of aromatic amines is 1. The van der Waals surface area contributed by atoms with Crippen LogP contribution in [0, 0.1) is 0 Å². The fraction of sp³-hybridized carbons (Fsp3) is 0.667. The van der Waals surface area contributed by atoms with Gasteiger partial charge in [-0.3, -0.25) is 14.3 Å². The van der Waals surface area contributed by atoms with Gasteiger partial charge in [-0.15, -0.1) is 0 Å². The fourth-order valence-electron chi connectivity index (χ4n) is 1.56. The van der Waals surface area contributed by atoms with Crippen molar-refractivity contribution in [3.05, 3.63) is 31.6 Å². The Hall–Kier alpha value is -1.07. The summed E-state index contributed by atoms with van der Waals surface area (Å²) >= 11 is 5.86. The molecule has 1 rings (SSSR count). The molecule has 0 aliphatic carbocycles. The summed E-state index contributed by atoms with van der Waals surface area (Å²) in [5.74, 6) is 0. The van der Waals surface area contributed by atoms with E-state index in [9.17, 15) is 9.59 Å². The summed E-state index contributed by atoms with van der Waals surface area (Å²) in [7, 11) is 3.83. The van der Waals surface area contributed by atoms with Crippen molar-refractivity contribution < 1.29 is 0 Å². The van der Waals surface area contributed by atoms with E-state index in [-0.39, 0.29) is 16.3 Å². The molecule has 0 saturated carbocycles. The first kappa shape index (κ1) is 15.0. The maximum Gasteiger partial charge on any atom is 0.329 e. The molecular weight excluding hydrogens is 254 g/mol. The van der Waals surface area contributed by atoms with Crippen molar-refractivity contribution in [2.24, 2.45) is 0 Å². The van der Waals surface area contributed by atoms with Crippen molar-refractivity contribution in [2.45, 2.75) is 39.3 Å². The molecule has 0 fully saturated rings. The zero-order valence-electron chi connectivity index (χ0n) is 11.5. The molecule has 1 N–H and O–H groups in total. The second-order valence-corrected chi connectivity index (χ2v) is 5.55. The Morgan fingerprint density at radius 3 is 2.33 bits per heavy atom. The van der Waals surface area contributed by atoms with Gasteiger partial charge in [-0.25, -0.2) is 4.79 Å². The van der Waals surface area contributed by atoms with Gasteiger partial charge in [0.1, 0.15) is 5.15 Å². The molecule has 5 nitrogen and oxygen atoms in total. The maximum absolute atomic E-state index is 12.2. The van der Waals surface area contributed by atoms with Crippen molar-refractivity contribution in [3.63, 3.8) is 0 Å². The van der Waals surface area contributed by atoms with Crippen LogP contribution in [0.25, 0.3) is 0 Å². The molecule has 0 radical (unpaired) electrons. The molecular formula is C12H20ClN3O2. The number of likely N-dealkylation sites (N-methyl/N-ethyl adjacent to an activating group) is 1. The van der Waals surface area contributed by atoms with Crippen LogP contribution in [0.1, 0.15) is 26.3 Å². The van der Waals surface area contributed by atoms with E-state index in [1.807, 2.05) is 39.8 Å². The first-order valence-electron chi connectivity index (χ1n) is 5.89. The lowest BCUT2D eigenvalue weighted by Crippen LogP contribution is -2.49. The highest BCUT2D eigenvalue weighted by molar-refractivity contribution is 6.30. The molecule has 1 heterocycles. The minimum atomic E-state index is -0.461. The van der Waals surface area contributed by atoms with E-state index in [0.29, 0.717) is 18.5 Å². The molecule has 18 heavy (non-hydrogen) atoms. The van der Waals surface area contributed by atoms with Crippen molar-refractivity contribution in [1.29, 1.82) is 0 Å². The third kappa shape index (κ3) is 2.84. The minimum absolute atomic E-state index is 0.145. The highest BCUT2D eigenvalue weighted by Gasteiger charge is 2.24. The fourth-order valence-corrected chi connectivity index (χ4v) is 1.86. The van der Waals surface area contributed by atoms with Crippen LogP contribution in [0.2, 0.25) is 5.15 Å². The summed E-state index contributed by atoms with van der Waals surface area (Å²) < 4.78 is 1.21. The van der Waals surface area contributed by atoms with Crippen molar-refractivity contribution in [2.75, 3.05) is 14.1 Å². The van der Waals surface area contributed by atoms with Crippen molar-refractivity contribution in [1.82, 2.24) is 14.5 Å². The van der Waals surface area contributed by atoms with E-state index in [2.05, 4.69) is 4.98 Å². The lowest BCUT2D eigenvalue weighted by Gasteiger charge is -2.32. The van der Waals surface area contributed by atoms with E-state index in [1.165, 1.54) is 4.57 Å². The van der Waals surface area contributed by atoms with Crippen LogP contribution in [0.3, 0.4) is 0 Å². The first-order chi connectivity index (χ1) is 8.20. The molecule has 0 aromatic carbocycles. The smallest absolute Gasteiger partial charge is 0.302 e. The van der Waals surface area contributed by atoms with Crippen LogP contribution in [-0.4, -0.2) is 34.1 Å². The third-order valence-electron chi connectivity index (χ3n) is 3.34. The first-order valence-corrected chi connectivity index (χ1v) is 6.27. The highest BCUT2D eigenvalue weighted by atomic mass is 35.5. The maximum atomic E-state index is 12.2. The number of nitrogens with zero attached hydrogens (tertiary/aromatic N) is 2. The Bertz CT molecular complexity index is 543. The number of hydrogen-bond donors (Lipinski definition) is 1. The molecule has 1 aromatic rings. The normalized spacial score (nSPS) is 12.2. The molecule has 0 bridgehead atoms. The monoisotopic (exact) mass is 273 g/mol. The highest BCUT2D eigenvalue weighted by Crippen LogP contribution is 2.12. The Morgan fingerprint density at radius 1 is 1.33 bits per heavy atom. The second-order valence-electron chi connectivity index (χ2n) is 5.17. The molecule has 0 saturated heterocycles. The van der Waals surface area contributed by atoms with Crippen molar-refractivity contribution >= 4 is 11.6 Å². The van der Waals surface area contributed by atoms with Gasteiger partial charge in [0.25, 0.3) is 5.56 Å². The van der Waals surface area contributed by atoms with Gasteiger partial charge in [-0.05, 0) is 34.4 Å². The number of halogens is 1. The van der Waals surface area contributed by atoms with Gasteiger partial charge in [0.05, 0.1) is 5.56 Å². The lowest BCUT2D eigenvalue weighted by molar-refractivity contribution is 0.165. The molecule has 0 aliphatic heterocycles. The van der Waals surface area contributed by atoms with E-state index in [1.54, 1.807) is 0 Å². The van der Waals surface area contributed by atoms with Gasteiger partial charge in [0, 0.05) is 12.1 Å². The second kappa shape index (κ2) is 5.28. The van der Waals surface area contributed by atoms with Crippen molar-refractivity contribution in [3.8, 4) is 0 Å². The molecule has 102 valence electrons. The van der Waals surface area contributed by atoms with Gasteiger partial charge in [0.15, 0.2) is 0 Å². The number of hydrogen-bond acceptors (Lipinski definition) is 3. The molecule has 0 atom stereocenters. The SMILES string of the molecule is CCc1c(Cl)[nH]c(=O)n(CC(C)(C)N(C)C)c1=O. The van der Waals surface area contributed by atoms with Crippen LogP contribution >= 0.6 is 11.6 Å². The summed E-state index contributed by atoms with van der Waals surface area (Å²) in [5.41, 5.74) is -0.612. The molecule has 0 spiro atoms. The van der Waals surface area contributed by atoms with E-state index in [0.717, 1.165) is 0 Å². The number of aromatic nitrogens is 2. The molecule has 6 heteroatoms. The van der Waals surface area contributed by atoms with Crippen LogP contribution in [0.5, 0.6) is 0 Å². The third-order valence-corrected chi connectivity index (χ3v) is 3.66. The molecule has 0 unspecified atom stereocenters. The van der Waals surface area contributed by atoms with Crippen LogP contribution < -0.4 is 11.2 Å². The topological polar surface area (TPSA) is 58.1 Å². The lowest BCUT2D eigenvalue weighted by atomic mass is 10.0. The van der Waals surface area contributed by atoms with Crippen LogP contribution in [0.15, 0.2) is 9.59 Å². The summed E-state index contributed by atoms with van der Waals surface area (Å²) in [5, 5.41) is 0.145. The Kier molecular flexibility index (Phi) is 4.40. The van der Waals surface area contributed by atoms with Gasteiger partial charge in [-0.1, -0.05) is 18.5 Å². The summed E-state index contributed by atoms with van der Waals surface area (Å²) in [6.45, 7) is 6.10. The standard InChI is InChI=1S/C12H20ClN3O2/c1-6-8-9(13)14-11(18)16(10(8)17)7-12(2,3)15(4)5/h6-7H2,1-5H3,(H,14,18). The quantitative estimate of drug-likeness (QED) is 0.836. The summed E-state index contributed by atoms with van der Waals surface area (Å²) in [6.07, 6.45) is 0.497. The number of H-pyrrole nitrogens is 1. The van der Waals surface area contributed by atoms with Gasteiger partial charge in [0.2, 0.25) is 0 Å². The van der Waals surface area contributed by atoms with E-state index < -0.39 is 5.69 Å². The predicted molar refractivity (Wildman–Crippen MR) is 73.5 cm³/mol. The number of nitrogens with one attached hydrogen (secondary N) is 1. The molecule has 0 aliphatic rings.